The van der Waals surface area contributed by atoms with E-state index in [9.17, 15) is 4.79 Å². The number of ether oxygens (including phenoxy) is 1. The standard InChI is InChI=1S/C22H20N2O4S/c1-2-26-17-9-7-16(8-10-17)21-13-20(23-28-21)22(25)24(14-18-5-3-11-27-18)15-19-6-4-12-29-19/h3-13H,2,14-15H2,1H3. The summed E-state index contributed by atoms with van der Waals surface area (Å²) >= 11 is 1.60. The van der Waals surface area contributed by atoms with Gasteiger partial charge in [0.2, 0.25) is 0 Å². The van der Waals surface area contributed by atoms with E-state index in [1.54, 1.807) is 28.6 Å². The van der Waals surface area contributed by atoms with Gasteiger partial charge in [0.1, 0.15) is 11.5 Å². The molecule has 0 spiro atoms. The van der Waals surface area contributed by atoms with E-state index in [1.165, 1.54) is 0 Å². The Labute approximate surface area is 172 Å². The topological polar surface area (TPSA) is 68.7 Å². The second kappa shape index (κ2) is 8.79. The zero-order chi connectivity index (χ0) is 20.1. The Bertz CT molecular complexity index is 1000. The lowest BCUT2D eigenvalue weighted by Gasteiger charge is -2.19. The van der Waals surface area contributed by atoms with E-state index in [0.717, 1.165) is 16.2 Å². The third kappa shape index (κ3) is 4.57. The molecule has 29 heavy (non-hydrogen) atoms. The molecule has 0 aliphatic carbocycles. The largest absolute Gasteiger partial charge is 0.494 e. The van der Waals surface area contributed by atoms with Gasteiger partial charge in [-0.25, -0.2) is 0 Å². The lowest BCUT2D eigenvalue weighted by Crippen LogP contribution is -2.29. The quantitative estimate of drug-likeness (QED) is 0.399. The first kappa shape index (κ1) is 19.0. The van der Waals surface area contributed by atoms with Crippen molar-refractivity contribution in [1.29, 1.82) is 0 Å². The van der Waals surface area contributed by atoms with Gasteiger partial charge < -0.3 is 18.6 Å². The van der Waals surface area contributed by atoms with Crippen molar-refractivity contribution in [2.45, 2.75) is 20.0 Å². The van der Waals surface area contributed by atoms with Crippen LogP contribution in [0.4, 0.5) is 0 Å². The number of amides is 1. The first-order chi connectivity index (χ1) is 14.2. The Kier molecular flexibility index (Phi) is 5.76. The molecule has 0 bridgehead atoms. The van der Waals surface area contributed by atoms with Crippen LogP contribution in [0.3, 0.4) is 0 Å². The fourth-order valence-corrected chi connectivity index (χ4v) is 3.66. The highest BCUT2D eigenvalue weighted by molar-refractivity contribution is 7.09. The predicted octanol–water partition coefficient (Wildman–Crippen LogP) is 5.24. The Hall–Kier alpha value is -3.32. The van der Waals surface area contributed by atoms with Gasteiger partial charge in [0.25, 0.3) is 5.91 Å². The number of carbonyl (C=O) groups excluding carboxylic acids is 1. The van der Waals surface area contributed by atoms with Gasteiger partial charge in [-0.1, -0.05) is 11.2 Å². The molecule has 0 saturated carbocycles. The molecule has 0 aliphatic heterocycles. The summed E-state index contributed by atoms with van der Waals surface area (Å²) in [4.78, 5) is 15.9. The summed E-state index contributed by atoms with van der Waals surface area (Å²) in [6.07, 6.45) is 1.60. The molecule has 0 atom stereocenters. The molecule has 0 unspecified atom stereocenters. The molecule has 1 amide bonds. The molecular weight excluding hydrogens is 388 g/mol. The number of rotatable bonds is 8. The van der Waals surface area contributed by atoms with Crippen LogP contribution in [0.15, 0.2) is 75.2 Å². The van der Waals surface area contributed by atoms with Crippen LogP contribution in [0, 0.1) is 0 Å². The lowest BCUT2D eigenvalue weighted by molar-refractivity contribution is 0.0709. The van der Waals surface area contributed by atoms with Gasteiger partial charge in [-0.2, -0.15) is 0 Å². The molecule has 3 heterocycles. The second-order valence-corrected chi connectivity index (χ2v) is 7.39. The Morgan fingerprint density at radius 2 is 2.00 bits per heavy atom. The molecule has 3 aromatic heterocycles. The monoisotopic (exact) mass is 408 g/mol. The van der Waals surface area contributed by atoms with Crippen LogP contribution in [0.1, 0.15) is 28.0 Å². The molecule has 0 aliphatic rings. The fraction of sp³-hybridized carbons (Fsp3) is 0.182. The van der Waals surface area contributed by atoms with Crippen LogP contribution < -0.4 is 4.74 Å². The Balaban J connectivity index is 1.54. The molecule has 0 saturated heterocycles. The van der Waals surface area contributed by atoms with Crippen LogP contribution in [-0.4, -0.2) is 22.6 Å². The van der Waals surface area contributed by atoms with Crippen molar-refractivity contribution in [2.24, 2.45) is 0 Å². The summed E-state index contributed by atoms with van der Waals surface area (Å²) in [5.74, 6) is 1.82. The van der Waals surface area contributed by atoms with E-state index in [4.69, 9.17) is 13.7 Å². The minimum absolute atomic E-state index is 0.212. The van der Waals surface area contributed by atoms with Crippen molar-refractivity contribution in [1.82, 2.24) is 10.1 Å². The molecule has 7 heteroatoms. The Morgan fingerprint density at radius 3 is 2.69 bits per heavy atom. The first-order valence-corrected chi connectivity index (χ1v) is 10.1. The molecule has 0 radical (unpaired) electrons. The normalized spacial score (nSPS) is 10.8. The number of carbonyl (C=O) groups is 1. The average Bonchev–Trinajstić information content (AvgIpc) is 3.51. The van der Waals surface area contributed by atoms with Gasteiger partial charge in [-0.3, -0.25) is 4.79 Å². The SMILES string of the molecule is CCOc1ccc(-c2cc(C(=O)N(Cc3ccco3)Cc3cccs3)no2)cc1. The van der Waals surface area contributed by atoms with Crippen molar-refractivity contribution < 1.29 is 18.5 Å². The van der Waals surface area contributed by atoms with Crippen LogP contribution in [-0.2, 0) is 13.1 Å². The number of aromatic nitrogens is 1. The predicted molar refractivity (Wildman–Crippen MR) is 110 cm³/mol. The van der Waals surface area contributed by atoms with Crippen LogP contribution >= 0.6 is 11.3 Å². The summed E-state index contributed by atoms with van der Waals surface area (Å²) in [5.41, 5.74) is 1.09. The van der Waals surface area contributed by atoms with Crippen molar-refractivity contribution in [3.05, 3.63) is 82.6 Å². The molecule has 4 aromatic rings. The fourth-order valence-electron chi connectivity index (χ4n) is 2.94. The molecule has 0 N–H and O–H groups in total. The van der Waals surface area contributed by atoms with Gasteiger partial charge in [0.05, 0.1) is 26.0 Å². The maximum Gasteiger partial charge on any atom is 0.276 e. The number of furan rings is 1. The van der Waals surface area contributed by atoms with Gasteiger partial charge in [-0.15, -0.1) is 11.3 Å². The molecule has 1 aromatic carbocycles. The number of nitrogens with zero attached hydrogens (tertiary/aromatic N) is 2. The molecule has 0 fully saturated rings. The summed E-state index contributed by atoms with van der Waals surface area (Å²) in [6, 6.07) is 16.8. The summed E-state index contributed by atoms with van der Waals surface area (Å²) in [5, 5.41) is 6.00. The average molecular weight is 408 g/mol. The third-order valence-electron chi connectivity index (χ3n) is 4.32. The summed E-state index contributed by atoms with van der Waals surface area (Å²) in [7, 11) is 0. The van der Waals surface area contributed by atoms with Crippen molar-refractivity contribution >= 4 is 17.2 Å². The van der Waals surface area contributed by atoms with E-state index in [1.807, 2.05) is 60.8 Å². The highest BCUT2D eigenvalue weighted by atomic mass is 32.1. The molecular formula is C22H20N2O4S. The van der Waals surface area contributed by atoms with Crippen LogP contribution in [0.2, 0.25) is 0 Å². The Morgan fingerprint density at radius 1 is 1.14 bits per heavy atom. The van der Waals surface area contributed by atoms with Gasteiger partial charge in [0, 0.05) is 16.5 Å². The summed E-state index contributed by atoms with van der Waals surface area (Å²) < 4.78 is 16.3. The van der Waals surface area contributed by atoms with Crippen molar-refractivity contribution in [3.63, 3.8) is 0 Å². The number of hydrogen-bond donors (Lipinski definition) is 0. The van der Waals surface area contributed by atoms with Crippen molar-refractivity contribution in [3.8, 4) is 17.1 Å². The summed E-state index contributed by atoms with van der Waals surface area (Å²) in [6.45, 7) is 3.38. The zero-order valence-electron chi connectivity index (χ0n) is 15.9. The smallest absolute Gasteiger partial charge is 0.276 e. The lowest BCUT2D eigenvalue weighted by atomic mass is 10.1. The second-order valence-electron chi connectivity index (χ2n) is 6.35. The maximum absolute atomic E-state index is 13.1. The van der Waals surface area contributed by atoms with E-state index in [2.05, 4.69) is 5.16 Å². The zero-order valence-corrected chi connectivity index (χ0v) is 16.7. The first-order valence-electron chi connectivity index (χ1n) is 9.27. The molecule has 4 rings (SSSR count). The third-order valence-corrected chi connectivity index (χ3v) is 5.18. The highest BCUT2D eigenvalue weighted by Crippen LogP contribution is 2.25. The number of thiophene rings is 1. The maximum atomic E-state index is 13.1. The number of hydrogen-bond acceptors (Lipinski definition) is 6. The minimum Gasteiger partial charge on any atom is -0.494 e. The number of benzene rings is 1. The van der Waals surface area contributed by atoms with E-state index in [0.29, 0.717) is 31.2 Å². The van der Waals surface area contributed by atoms with Crippen molar-refractivity contribution in [2.75, 3.05) is 6.61 Å². The molecule has 148 valence electrons. The van der Waals surface area contributed by atoms with E-state index >= 15 is 0 Å². The minimum atomic E-state index is -0.212. The van der Waals surface area contributed by atoms with Crippen LogP contribution in [0.5, 0.6) is 5.75 Å². The highest BCUT2D eigenvalue weighted by Gasteiger charge is 2.22. The van der Waals surface area contributed by atoms with Gasteiger partial charge >= 0.3 is 0 Å². The van der Waals surface area contributed by atoms with Gasteiger partial charge in [-0.05, 0) is 54.8 Å². The van der Waals surface area contributed by atoms with E-state index < -0.39 is 0 Å². The van der Waals surface area contributed by atoms with E-state index in [-0.39, 0.29) is 11.6 Å². The molecule has 6 nitrogen and oxygen atoms in total. The van der Waals surface area contributed by atoms with Gasteiger partial charge in [0.15, 0.2) is 11.5 Å². The van der Waals surface area contributed by atoms with Crippen LogP contribution in [0.25, 0.3) is 11.3 Å².